The number of likely N-dealkylation sites (tertiary alicyclic amines) is 1. The number of nitrogens with zero attached hydrogens (tertiary/aromatic N) is 2. The van der Waals surface area contributed by atoms with Crippen LogP contribution in [0, 0.1) is 17.2 Å². The molecule has 0 aromatic rings. The summed E-state index contributed by atoms with van der Waals surface area (Å²) in [7, 11) is 0. The maximum Gasteiger partial charge on any atom is 0.408 e. The molecule has 2 atom stereocenters. The molecule has 7 nitrogen and oxygen atoms in total. The molecule has 1 aliphatic heterocycles. The maximum absolute atomic E-state index is 13.1. The fraction of sp³-hybridized carbons (Fsp3) is 0.833. The van der Waals surface area contributed by atoms with E-state index < -0.39 is 23.8 Å². The zero-order chi connectivity index (χ0) is 18.6. The van der Waals surface area contributed by atoms with Gasteiger partial charge in [-0.2, -0.15) is 5.26 Å². The minimum atomic E-state index is -0.656. The Morgan fingerprint density at radius 1 is 1.24 bits per heavy atom. The first-order valence-corrected chi connectivity index (χ1v) is 9.16. The normalized spacial score (nSPS) is 28.1. The van der Waals surface area contributed by atoms with E-state index in [0.717, 1.165) is 32.1 Å². The number of nitriles is 1. The van der Waals surface area contributed by atoms with Crippen LogP contribution in [0.3, 0.4) is 0 Å². The monoisotopic (exact) mass is 350 g/mol. The molecular weight excluding hydrogens is 320 g/mol. The first-order chi connectivity index (χ1) is 11.7. The lowest BCUT2D eigenvalue weighted by atomic mass is 9.81. The van der Waals surface area contributed by atoms with Crippen molar-refractivity contribution in [3.05, 3.63) is 0 Å². The van der Waals surface area contributed by atoms with E-state index in [1.807, 2.05) is 0 Å². The fourth-order valence-electron chi connectivity index (χ4n) is 3.64. The van der Waals surface area contributed by atoms with E-state index in [1.54, 1.807) is 25.7 Å². The van der Waals surface area contributed by atoms with Gasteiger partial charge in [-0.25, -0.2) is 4.79 Å². The third kappa shape index (κ3) is 5.33. The first-order valence-electron chi connectivity index (χ1n) is 9.16. The van der Waals surface area contributed by atoms with Crippen molar-refractivity contribution in [3.63, 3.8) is 0 Å². The highest BCUT2D eigenvalue weighted by molar-refractivity contribution is 5.86. The van der Waals surface area contributed by atoms with Crippen LogP contribution >= 0.6 is 0 Å². The van der Waals surface area contributed by atoms with Crippen LogP contribution in [0.4, 0.5) is 4.79 Å². The Morgan fingerprint density at radius 3 is 2.44 bits per heavy atom. The third-order valence-corrected chi connectivity index (χ3v) is 4.91. The minimum absolute atomic E-state index is 0.0276. The number of amides is 2. The number of nitrogens with two attached hydrogens (primary N) is 1. The molecule has 3 N–H and O–H groups in total. The number of carbonyl (C=O) groups excluding carboxylic acids is 2. The Hall–Kier alpha value is -1.81. The van der Waals surface area contributed by atoms with E-state index in [1.165, 1.54) is 0 Å². The minimum Gasteiger partial charge on any atom is -0.444 e. The molecule has 0 bridgehead atoms. The number of ether oxygens (including phenoxy) is 1. The zero-order valence-electron chi connectivity index (χ0n) is 15.5. The van der Waals surface area contributed by atoms with Gasteiger partial charge in [0.1, 0.15) is 17.7 Å². The average Bonchev–Trinajstić information content (AvgIpc) is 3.00. The molecule has 25 heavy (non-hydrogen) atoms. The summed E-state index contributed by atoms with van der Waals surface area (Å²) >= 11 is 0. The SMILES string of the molecule is CC(C)(C)OC(=O)N[C@H](C(=O)N1CCC[C@H]1C#N)[C@H]1CC[C@H](N)CC1. The summed E-state index contributed by atoms with van der Waals surface area (Å²) in [5.74, 6) is -0.143. The van der Waals surface area contributed by atoms with Gasteiger partial charge in [-0.3, -0.25) is 4.79 Å². The van der Waals surface area contributed by atoms with Crippen LogP contribution in [0.1, 0.15) is 59.3 Å². The maximum atomic E-state index is 13.1. The van der Waals surface area contributed by atoms with Gasteiger partial charge in [0.25, 0.3) is 0 Å². The Kier molecular flexibility index (Phi) is 6.28. The smallest absolute Gasteiger partial charge is 0.408 e. The summed E-state index contributed by atoms with van der Waals surface area (Å²) in [6.45, 7) is 5.93. The van der Waals surface area contributed by atoms with Crippen LogP contribution in [-0.2, 0) is 9.53 Å². The molecule has 1 saturated heterocycles. The lowest BCUT2D eigenvalue weighted by Crippen LogP contribution is -2.55. The Bertz CT molecular complexity index is 529. The fourth-order valence-corrected chi connectivity index (χ4v) is 3.64. The third-order valence-electron chi connectivity index (χ3n) is 4.91. The van der Waals surface area contributed by atoms with Crippen LogP contribution in [-0.4, -0.2) is 47.2 Å². The Labute approximate surface area is 149 Å². The standard InChI is InChI=1S/C18H30N4O3/c1-18(2,3)25-17(24)21-15(12-6-8-13(20)9-7-12)16(23)22-10-4-5-14(22)11-19/h12-15H,4-10,20H2,1-3H3,(H,21,24)/t12-,13-,14-,15-/m0/s1. The van der Waals surface area contributed by atoms with E-state index in [4.69, 9.17) is 10.5 Å². The Balaban J connectivity index is 2.12. The second-order valence-corrected chi connectivity index (χ2v) is 8.12. The number of hydrogen-bond acceptors (Lipinski definition) is 5. The lowest BCUT2D eigenvalue weighted by Gasteiger charge is -2.35. The van der Waals surface area contributed by atoms with Gasteiger partial charge in [-0.1, -0.05) is 0 Å². The Morgan fingerprint density at radius 2 is 1.88 bits per heavy atom. The molecule has 2 amide bonds. The van der Waals surface area contributed by atoms with Crippen LogP contribution in [0.25, 0.3) is 0 Å². The molecule has 1 heterocycles. The van der Waals surface area contributed by atoms with Gasteiger partial charge in [0.15, 0.2) is 0 Å². The van der Waals surface area contributed by atoms with Crippen molar-refractivity contribution in [2.75, 3.05) is 6.54 Å². The summed E-state index contributed by atoms with van der Waals surface area (Å²) in [6, 6.07) is 1.29. The highest BCUT2D eigenvalue weighted by atomic mass is 16.6. The van der Waals surface area contributed by atoms with Crippen molar-refractivity contribution in [1.82, 2.24) is 10.2 Å². The van der Waals surface area contributed by atoms with Crippen molar-refractivity contribution in [3.8, 4) is 6.07 Å². The zero-order valence-corrected chi connectivity index (χ0v) is 15.5. The molecule has 7 heteroatoms. The van der Waals surface area contributed by atoms with Crippen molar-refractivity contribution in [2.45, 2.75) is 83.0 Å². The predicted octanol–water partition coefficient (Wildman–Crippen LogP) is 1.91. The molecule has 0 radical (unpaired) electrons. The summed E-state index contributed by atoms with van der Waals surface area (Å²) in [5.41, 5.74) is 5.34. The molecule has 0 aromatic carbocycles. The van der Waals surface area contributed by atoms with Gasteiger partial charge in [0, 0.05) is 12.6 Å². The molecule has 1 aliphatic carbocycles. The van der Waals surface area contributed by atoms with Crippen molar-refractivity contribution in [1.29, 1.82) is 5.26 Å². The van der Waals surface area contributed by atoms with Gasteiger partial charge in [0.05, 0.1) is 6.07 Å². The summed E-state index contributed by atoms with van der Waals surface area (Å²) < 4.78 is 5.34. The summed E-state index contributed by atoms with van der Waals surface area (Å²) in [4.78, 5) is 26.9. The van der Waals surface area contributed by atoms with Crippen LogP contribution < -0.4 is 11.1 Å². The lowest BCUT2D eigenvalue weighted by molar-refractivity contribution is -0.135. The van der Waals surface area contributed by atoms with Gasteiger partial charge in [0.2, 0.25) is 5.91 Å². The van der Waals surface area contributed by atoms with E-state index in [-0.39, 0.29) is 17.9 Å². The highest BCUT2D eigenvalue weighted by Gasteiger charge is 2.39. The molecule has 1 saturated carbocycles. The number of alkyl carbamates (subject to hydrolysis) is 1. The van der Waals surface area contributed by atoms with E-state index >= 15 is 0 Å². The highest BCUT2D eigenvalue weighted by Crippen LogP contribution is 2.29. The molecule has 2 rings (SSSR count). The van der Waals surface area contributed by atoms with Gasteiger partial charge < -0.3 is 20.7 Å². The van der Waals surface area contributed by atoms with Crippen LogP contribution in [0.15, 0.2) is 0 Å². The van der Waals surface area contributed by atoms with E-state index in [0.29, 0.717) is 13.0 Å². The quantitative estimate of drug-likeness (QED) is 0.808. The summed E-state index contributed by atoms with van der Waals surface area (Å²) in [6.07, 6.45) is 4.18. The first kappa shape index (κ1) is 19.5. The molecular formula is C18H30N4O3. The number of carbonyl (C=O) groups is 2. The predicted molar refractivity (Wildman–Crippen MR) is 93.4 cm³/mol. The molecule has 2 fully saturated rings. The number of hydrogen-bond donors (Lipinski definition) is 2. The number of nitrogens with one attached hydrogen (secondary N) is 1. The van der Waals surface area contributed by atoms with Crippen molar-refractivity contribution < 1.29 is 14.3 Å². The molecule has 2 aliphatic rings. The topological polar surface area (TPSA) is 108 Å². The van der Waals surface area contributed by atoms with E-state index in [2.05, 4.69) is 11.4 Å². The largest absolute Gasteiger partial charge is 0.444 e. The molecule has 0 unspecified atom stereocenters. The van der Waals surface area contributed by atoms with Crippen LogP contribution in [0.5, 0.6) is 0 Å². The molecule has 0 spiro atoms. The van der Waals surface area contributed by atoms with Gasteiger partial charge >= 0.3 is 6.09 Å². The average molecular weight is 350 g/mol. The van der Waals surface area contributed by atoms with E-state index in [9.17, 15) is 14.9 Å². The summed E-state index contributed by atoms with van der Waals surface area (Å²) in [5, 5.41) is 12.1. The van der Waals surface area contributed by atoms with Crippen molar-refractivity contribution >= 4 is 12.0 Å². The second kappa shape index (κ2) is 8.05. The van der Waals surface area contributed by atoms with Gasteiger partial charge in [-0.05, 0) is 65.2 Å². The number of rotatable bonds is 3. The van der Waals surface area contributed by atoms with Crippen molar-refractivity contribution in [2.24, 2.45) is 11.7 Å². The molecule has 140 valence electrons. The second-order valence-electron chi connectivity index (χ2n) is 8.12. The van der Waals surface area contributed by atoms with Gasteiger partial charge in [-0.15, -0.1) is 0 Å². The molecule has 0 aromatic heterocycles. The van der Waals surface area contributed by atoms with Crippen LogP contribution in [0.2, 0.25) is 0 Å².